The second kappa shape index (κ2) is 8.13. The molecule has 0 aliphatic carbocycles. The Kier molecular flexibility index (Phi) is 5.96. The van der Waals surface area contributed by atoms with Crippen LogP contribution in [0.25, 0.3) is 22.3 Å². The summed E-state index contributed by atoms with van der Waals surface area (Å²) in [6.45, 7) is 13.5. The highest BCUT2D eigenvalue weighted by molar-refractivity contribution is 7.17. The lowest BCUT2D eigenvalue weighted by Gasteiger charge is -2.28. The molecule has 1 unspecified atom stereocenters. The molecule has 0 saturated carbocycles. The first-order chi connectivity index (χ1) is 13.6. The Morgan fingerprint density at radius 3 is 2.00 bits per heavy atom. The van der Waals surface area contributed by atoms with Crippen molar-refractivity contribution >= 4 is 8.69 Å². The molecule has 0 spiro atoms. The molecule has 0 fully saturated rings. The highest BCUT2D eigenvalue weighted by Crippen LogP contribution is 2.44. The van der Waals surface area contributed by atoms with E-state index in [1.165, 1.54) is 16.7 Å². The van der Waals surface area contributed by atoms with Crippen molar-refractivity contribution in [1.29, 1.82) is 0 Å². The van der Waals surface area contributed by atoms with Crippen LogP contribution >= 0.6 is 8.69 Å². The average molecular weight is 405 g/mol. The molecule has 29 heavy (non-hydrogen) atoms. The first-order valence-electron chi connectivity index (χ1n) is 10.0. The van der Waals surface area contributed by atoms with Crippen LogP contribution in [0.4, 0.5) is 0 Å². The summed E-state index contributed by atoms with van der Waals surface area (Å²) in [5.41, 5.74) is 6.98. The van der Waals surface area contributed by atoms with Crippen LogP contribution in [0.2, 0.25) is 0 Å². The fourth-order valence-corrected chi connectivity index (χ4v) is 3.91. The molecule has 0 amide bonds. The second-order valence-corrected chi connectivity index (χ2v) is 9.86. The van der Waals surface area contributed by atoms with Gasteiger partial charge in [-0.15, -0.1) is 0 Å². The fourth-order valence-electron chi connectivity index (χ4n) is 3.65. The van der Waals surface area contributed by atoms with Crippen molar-refractivity contribution < 1.29 is 9.09 Å². The highest BCUT2D eigenvalue weighted by atomic mass is 31.1. The van der Waals surface area contributed by atoms with Gasteiger partial charge in [0.15, 0.2) is 5.75 Å². The maximum atomic E-state index is 11.3. The van der Waals surface area contributed by atoms with Crippen LogP contribution in [0.5, 0.6) is 5.75 Å². The first-order valence-corrected chi connectivity index (χ1v) is 10.8. The lowest BCUT2D eigenvalue weighted by Crippen LogP contribution is -2.17. The molecule has 0 aliphatic heterocycles. The van der Waals surface area contributed by atoms with E-state index in [-0.39, 0.29) is 10.8 Å². The van der Waals surface area contributed by atoms with E-state index < -0.39 is 8.69 Å². The maximum Gasteiger partial charge on any atom is 0.542 e. The molecular weight excluding hydrogens is 375 g/mol. The third-order valence-corrected chi connectivity index (χ3v) is 5.53. The van der Waals surface area contributed by atoms with Crippen LogP contribution < -0.4 is 4.52 Å². The Balaban J connectivity index is 2.34. The highest BCUT2D eigenvalue weighted by Gasteiger charge is 2.25. The Morgan fingerprint density at radius 1 is 0.724 bits per heavy atom. The van der Waals surface area contributed by atoms with Gasteiger partial charge in [0.1, 0.15) is 0 Å². The largest absolute Gasteiger partial charge is 0.542 e. The zero-order valence-corrected chi connectivity index (χ0v) is 19.2. The molecule has 3 rings (SSSR count). The van der Waals surface area contributed by atoms with Crippen LogP contribution in [-0.4, -0.2) is 0 Å². The van der Waals surface area contributed by atoms with E-state index in [0.29, 0.717) is 5.75 Å². The van der Waals surface area contributed by atoms with E-state index in [2.05, 4.69) is 77.9 Å². The van der Waals surface area contributed by atoms with Crippen molar-refractivity contribution in [3.63, 3.8) is 0 Å². The predicted octanol–water partition coefficient (Wildman–Crippen LogP) is 7.93. The first kappa shape index (κ1) is 21.3. The van der Waals surface area contributed by atoms with Gasteiger partial charge in [-0.1, -0.05) is 102 Å². The van der Waals surface area contributed by atoms with E-state index in [0.717, 1.165) is 16.7 Å². The molecule has 0 radical (unpaired) electrons. The summed E-state index contributed by atoms with van der Waals surface area (Å²) in [6, 6.07) is 23.0. The lowest BCUT2D eigenvalue weighted by atomic mass is 9.76. The fraction of sp³-hybridized carbons (Fsp3) is 0.308. The molecule has 0 bridgehead atoms. The van der Waals surface area contributed by atoms with Gasteiger partial charge < -0.3 is 0 Å². The molecule has 3 aromatic carbocycles. The molecule has 1 atom stereocenters. The van der Waals surface area contributed by atoms with Gasteiger partial charge in [-0.2, -0.15) is 0 Å². The molecule has 0 aromatic heterocycles. The maximum absolute atomic E-state index is 11.3. The SMILES string of the molecule is CC(C)(C)c1ccc(-c2cccc(O[PH+]=O)c2-c2ccccc2)c(C(C)(C)C)c1. The average Bonchev–Trinajstić information content (AvgIpc) is 2.67. The number of hydrogen-bond donors (Lipinski definition) is 0. The molecule has 0 N–H and O–H groups in total. The molecule has 0 heterocycles. The van der Waals surface area contributed by atoms with Crippen molar-refractivity contribution in [3.05, 3.63) is 77.9 Å². The van der Waals surface area contributed by atoms with Gasteiger partial charge in [-0.25, -0.2) is 0 Å². The minimum absolute atomic E-state index is 0.0261. The lowest BCUT2D eigenvalue weighted by molar-refractivity contribution is 0.526. The summed E-state index contributed by atoms with van der Waals surface area (Å²) in [7, 11) is -0.843. The zero-order valence-electron chi connectivity index (χ0n) is 18.2. The molecular formula is C26H30O2P+. The van der Waals surface area contributed by atoms with Crippen molar-refractivity contribution in [2.24, 2.45) is 0 Å². The predicted molar refractivity (Wildman–Crippen MR) is 124 cm³/mol. The Labute approximate surface area is 176 Å². The summed E-state index contributed by atoms with van der Waals surface area (Å²) < 4.78 is 16.8. The summed E-state index contributed by atoms with van der Waals surface area (Å²) in [4.78, 5) is 0. The van der Waals surface area contributed by atoms with Gasteiger partial charge in [0.05, 0.1) is 0 Å². The van der Waals surface area contributed by atoms with Gasteiger partial charge in [-0.05, 0) is 49.3 Å². The Bertz CT molecular complexity index is 1010. The minimum atomic E-state index is -0.843. The summed E-state index contributed by atoms with van der Waals surface area (Å²) in [5.74, 6) is 0.641. The van der Waals surface area contributed by atoms with Gasteiger partial charge in [-0.3, -0.25) is 4.52 Å². The van der Waals surface area contributed by atoms with Crippen LogP contribution in [0.15, 0.2) is 66.7 Å². The monoisotopic (exact) mass is 405 g/mol. The summed E-state index contributed by atoms with van der Waals surface area (Å²) in [6.07, 6.45) is 0. The smallest absolute Gasteiger partial charge is 0.255 e. The number of benzene rings is 3. The van der Waals surface area contributed by atoms with E-state index >= 15 is 0 Å². The van der Waals surface area contributed by atoms with Gasteiger partial charge >= 0.3 is 8.69 Å². The van der Waals surface area contributed by atoms with E-state index in [1.54, 1.807) is 0 Å². The van der Waals surface area contributed by atoms with E-state index in [9.17, 15) is 4.57 Å². The number of rotatable bonds is 4. The van der Waals surface area contributed by atoms with Crippen LogP contribution in [0.1, 0.15) is 52.7 Å². The zero-order chi connectivity index (χ0) is 21.2. The van der Waals surface area contributed by atoms with Gasteiger partial charge in [0, 0.05) is 5.56 Å². The van der Waals surface area contributed by atoms with E-state index in [4.69, 9.17) is 4.52 Å². The normalized spacial score (nSPS) is 12.2. The summed E-state index contributed by atoms with van der Waals surface area (Å²) in [5, 5.41) is 0. The van der Waals surface area contributed by atoms with Crippen molar-refractivity contribution in [3.8, 4) is 28.0 Å². The van der Waals surface area contributed by atoms with Crippen LogP contribution in [0, 0.1) is 0 Å². The minimum Gasteiger partial charge on any atom is -0.255 e. The van der Waals surface area contributed by atoms with Crippen LogP contribution in [-0.2, 0) is 15.4 Å². The van der Waals surface area contributed by atoms with Crippen molar-refractivity contribution in [2.75, 3.05) is 0 Å². The molecule has 3 heteroatoms. The number of hydrogen-bond acceptors (Lipinski definition) is 2. The van der Waals surface area contributed by atoms with Crippen molar-refractivity contribution in [1.82, 2.24) is 0 Å². The molecule has 3 aromatic rings. The van der Waals surface area contributed by atoms with E-state index in [1.807, 2.05) is 30.3 Å². The summed E-state index contributed by atoms with van der Waals surface area (Å²) >= 11 is 0. The van der Waals surface area contributed by atoms with Crippen LogP contribution in [0.3, 0.4) is 0 Å². The molecule has 150 valence electrons. The topological polar surface area (TPSA) is 26.3 Å². The van der Waals surface area contributed by atoms with Gasteiger partial charge in [0.25, 0.3) is 0 Å². The molecule has 2 nitrogen and oxygen atoms in total. The third-order valence-electron chi connectivity index (χ3n) is 5.22. The molecule has 0 aliphatic rings. The third kappa shape index (κ3) is 4.60. The Morgan fingerprint density at radius 2 is 1.41 bits per heavy atom. The Hall–Kier alpha value is -2.44. The standard InChI is InChI=1S/C26H30O2P/c1-25(2,3)19-15-16-20(22(17-19)26(4,5)6)21-13-10-14-23(28-29-27)24(21)18-11-8-7-9-12-18/h7-17,29H,1-6H3/q+1. The second-order valence-electron chi connectivity index (χ2n) is 9.49. The van der Waals surface area contributed by atoms with Crippen molar-refractivity contribution in [2.45, 2.75) is 52.4 Å². The quantitative estimate of drug-likeness (QED) is 0.412. The van der Waals surface area contributed by atoms with Gasteiger partial charge in [0.2, 0.25) is 0 Å². The molecule has 0 saturated heterocycles.